The fourth-order valence-electron chi connectivity index (χ4n) is 4.73. The number of hydrogen-bond acceptors (Lipinski definition) is 2. The van der Waals surface area contributed by atoms with Crippen molar-refractivity contribution in [3.8, 4) is 0 Å². The molecule has 1 amide bonds. The molecule has 1 aromatic rings. The molecular formula is C18H20Br3NO2. The molecule has 3 atom stereocenters. The Morgan fingerprint density at radius 1 is 1.17 bits per heavy atom. The van der Waals surface area contributed by atoms with Crippen LogP contribution in [-0.2, 0) is 4.79 Å². The highest BCUT2D eigenvalue weighted by Gasteiger charge is 2.83. The summed E-state index contributed by atoms with van der Waals surface area (Å²) in [6.45, 7) is 5.91. The van der Waals surface area contributed by atoms with Crippen molar-refractivity contribution in [2.75, 3.05) is 5.32 Å². The first-order valence-corrected chi connectivity index (χ1v) is 10.7. The van der Waals surface area contributed by atoms with E-state index in [-0.39, 0.29) is 31.1 Å². The van der Waals surface area contributed by atoms with Crippen molar-refractivity contribution in [2.45, 2.75) is 42.2 Å². The lowest BCUT2D eigenvalue weighted by Crippen LogP contribution is -2.71. The number of carbonyl (C=O) groups is 2. The van der Waals surface area contributed by atoms with Gasteiger partial charge in [-0.2, -0.15) is 0 Å². The topological polar surface area (TPSA) is 46.2 Å². The molecule has 6 heteroatoms. The Labute approximate surface area is 167 Å². The molecule has 24 heavy (non-hydrogen) atoms. The van der Waals surface area contributed by atoms with Gasteiger partial charge in [-0.25, -0.2) is 0 Å². The Hall–Kier alpha value is -0.200. The summed E-state index contributed by atoms with van der Waals surface area (Å²) in [5.74, 6) is 0.0760. The molecule has 2 bridgehead atoms. The third-order valence-electron chi connectivity index (χ3n) is 6.44. The molecule has 0 unspecified atom stereocenters. The van der Waals surface area contributed by atoms with Crippen LogP contribution in [0.25, 0.3) is 0 Å². The Balaban J connectivity index is 1.85. The lowest BCUT2D eigenvalue weighted by atomic mass is 9.43. The summed E-state index contributed by atoms with van der Waals surface area (Å²) in [5, 5.41) is 3.06. The summed E-state index contributed by atoms with van der Waals surface area (Å²) < 4.78 is 0.162. The smallest absolute Gasteiger partial charge is 0.232 e. The summed E-state index contributed by atoms with van der Waals surface area (Å²) in [6.07, 6.45) is 1.86. The van der Waals surface area contributed by atoms with Gasteiger partial charge in [-0.1, -0.05) is 61.6 Å². The molecule has 0 radical (unpaired) electrons. The zero-order valence-electron chi connectivity index (χ0n) is 13.8. The van der Waals surface area contributed by atoms with Gasteiger partial charge < -0.3 is 5.32 Å². The average molecular weight is 522 g/mol. The number of Topliss-reactive ketones (excluding diaryl/α,β-unsaturated/α-hetero) is 1. The van der Waals surface area contributed by atoms with E-state index in [1.807, 2.05) is 0 Å². The highest BCUT2D eigenvalue weighted by Crippen LogP contribution is 2.82. The number of ketones is 1. The Kier molecular flexibility index (Phi) is 4.58. The first-order chi connectivity index (χ1) is 11.1. The van der Waals surface area contributed by atoms with Crippen molar-refractivity contribution < 1.29 is 9.59 Å². The molecule has 4 rings (SSSR count). The van der Waals surface area contributed by atoms with E-state index in [9.17, 15) is 9.59 Å². The van der Waals surface area contributed by atoms with Gasteiger partial charge in [-0.15, -0.1) is 0 Å². The number of rotatable bonds is 4. The van der Waals surface area contributed by atoms with Gasteiger partial charge in [0.25, 0.3) is 0 Å². The van der Waals surface area contributed by atoms with E-state index < -0.39 is 5.41 Å². The fraction of sp³-hybridized carbons (Fsp3) is 0.556. The minimum atomic E-state index is -0.425. The zero-order valence-corrected chi connectivity index (χ0v) is 18.6. The summed E-state index contributed by atoms with van der Waals surface area (Å²) in [5.41, 5.74) is 0.840. The summed E-state index contributed by atoms with van der Waals surface area (Å²) >= 11 is 11.2. The molecule has 1 N–H and O–H groups in total. The molecule has 3 aliphatic rings. The maximum Gasteiger partial charge on any atom is 0.232 e. The number of benzene rings is 1. The molecule has 3 fully saturated rings. The maximum atomic E-state index is 13.1. The molecule has 0 aliphatic heterocycles. The van der Waals surface area contributed by atoms with E-state index in [0.29, 0.717) is 5.56 Å². The van der Waals surface area contributed by atoms with E-state index in [0.717, 1.165) is 18.5 Å². The second-order valence-corrected chi connectivity index (χ2v) is 11.4. The van der Waals surface area contributed by atoms with Crippen molar-refractivity contribution in [3.63, 3.8) is 0 Å². The molecule has 0 saturated heterocycles. The number of alkyl halides is 3. The number of carbonyl (C=O) groups excluding carboxylic acids is 2. The maximum absolute atomic E-state index is 13.1. The molecule has 130 valence electrons. The highest BCUT2D eigenvalue weighted by atomic mass is 79.9. The van der Waals surface area contributed by atoms with Crippen LogP contribution < -0.4 is 5.32 Å². The summed E-state index contributed by atoms with van der Waals surface area (Å²) in [4.78, 5) is 24.6. The van der Waals surface area contributed by atoms with Crippen LogP contribution in [-0.4, -0.2) is 20.3 Å². The van der Waals surface area contributed by atoms with Crippen molar-refractivity contribution in [3.05, 3.63) is 29.8 Å². The lowest BCUT2D eigenvalue weighted by Gasteiger charge is -2.66. The van der Waals surface area contributed by atoms with Crippen LogP contribution in [0.5, 0.6) is 0 Å². The summed E-state index contributed by atoms with van der Waals surface area (Å²) in [6, 6.07) is 7.08. The first kappa shape index (κ1) is 18.6. The number of hydrogen-bond donors (Lipinski definition) is 1. The largest absolute Gasteiger partial charge is 0.326 e. The number of fused-ring (bicyclic) bond motifs is 1. The van der Waals surface area contributed by atoms with Gasteiger partial charge >= 0.3 is 0 Å². The molecular weight excluding hydrogens is 502 g/mol. The molecule has 3 aliphatic carbocycles. The van der Waals surface area contributed by atoms with E-state index in [4.69, 9.17) is 0 Å². The van der Waals surface area contributed by atoms with Crippen LogP contribution in [0.1, 0.15) is 44.0 Å². The highest BCUT2D eigenvalue weighted by molar-refractivity contribution is 9.24. The standard InChI is InChI=1S/C18H20Br3NO2/c1-10(23)11-4-6-12(7-5-11)22-15(24)18-9-8-17(13(18)19,14(20)21)16(18,2)3/h4-7,13-14H,8-9H2,1-3H3,(H,22,24)/t13-,17+,18+/m0/s1. The quantitative estimate of drug-likeness (QED) is 0.419. The van der Waals surface area contributed by atoms with Crippen molar-refractivity contribution in [1.29, 1.82) is 0 Å². The number of anilines is 1. The Morgan fingerprint density at radius 2 is 1.75 bits per heavy atom. The molecule has 1 aromatic carbocycles. The fourth-order valence-corrected chi connectivity index (χ4v) is 9.64. The molecule has 0 heterocycles. The van der Waals surface area contributed by atoms with Gasteiger partial charge in [0.1, 0.15) is 0 Å². The van der Waals surface area contributed by atoms with Crippen LogP contribution in [0.4, 0.5) is 5.69 Å². The minimum Gasteiger partial charge on any atom is -0.326 e. The second kappa shape index (κ2) is 5.92. The van der Waals surface area contributed by atoms with Crippen molar-refractivity contribution in [1.82, 2.24) is 0 Å². The van der Waals surface area contributed by atoms with Crippen molar-refractivity contribution >= 4 is 65.2 Å². The van der Waals surface area contributed by atoms with Gasteiger partial charge in [-0.3, -0.25) is 9.59 Å². The Morgan fingerprint density at radius 3 is 2.17 bits per heavy atom. The predicted octanol–water partition coefficient (Wildman–Crippen LogP) is 5.51. The predicted molar refractivity (Wildman–Crippen MR) is 107 cm³/mol. The van der Waals surface area contributed by atoms with E-state index >= 15 is 0 Å². The van der Waals surface area contributed by atoms with Crippen LogP contribution in [0, 0.1) is 16.2 Å². The van der Waals surface area contributed by atoms with Crippen LogP contribution in [0.3, 0.4) is 0 Å². The lowest BCUT2D eigenvalue weighted by molar-refractivity contribution is -0.155. The van der Waals surface area contributed by atoms with Gasteiger partial charge in [0.2, 0.25) is 5.91 Å². The monoisotopic (exact) mass is 519 g/mol. The number of halogens is 3. The van der Waals surface area contributed by atoms with Crippen molar-refractivity contribution in [2.24, 2.45) is 16.2 Å². The number of amides is 1. The van der Waals surface area contributed by atoms with E-state index in [1.165, 1.54) is 6.92 Å². The number of nitrogens with one attached hydrogen (secondary N) is 1. The third-order valence-corrected chi connectivity index (χ3v) is 9.67. The van der Waals surface area contributed by atoms with Gasteiger partial charge in [-0.05, 0) is 49.4 Å². The van der Waals surface area contributed by atoms with Gasteiger partial charge in [0, 0.05) is 21.5 Å². The summed E-state index contributed by atoms with van der Waals surface area (Å²) in [7, 11) is 0. The molecule has 3 saturated carbocycles. The van der Waals surface area contributed by atoms with Crippen LogP contribution in [0.15, 0.2) is 24.3 Å². The van der Waals surface area contributed by atoms with E-state index in [2.05, 4.69) is 67.0 Å². The Bertz CT molecular complexity index is 701. The van der Waals surface area contributed by atoms with Gasteiger partial charge in [0.15, 0.2) is 5.78 Å². The first-order valence-electron chi connectivity index (χ1n) is 7.96. The van der Waals surface area contributed by atoms with Crippen LogP contribution in [0.2, 0.25) is 0 Å². The van der Waals surface area contributed by atoms with Crippen LogP contribution >= 0.6 is 47.8 Å². The third kappa shape index (κ3) is 2.11. The normalized spacial score (nSPS) is 33.2. The molecule has 0 aromatic heterocycles. The van der Waals surface area contributed by atoms with Gasteiger partial charge in [0.05, 0.1) is 9.15 Å². The minimum absolute atomic E-state index is 0.0167. The molecule has 0 spiro atoms. The van der Waals surface area contributed by atoms with E-state index in [1.54, 1.807) is 24.3 Å². The zero-order chi connectivity index (χ0) is 17.9. The average Bonchev–Trinajstić information content (AvgIpc) is 2.97. The SMILES string of the molecule is CC(=O)c1ccc(NC(=O)[C@@]23CC[C@](C(Br)Br)([C@@H]2Br)C3(C)C)cc1. The molecule has 3 nitrogen and oxygen atoms in total. The second-order valence-electron chi connectivity index (χ2n) is 7.39.